The summed E-state index contributed by atoms with van der Waals surface area (Å²) >= 11 is 0. The van der Waals surface area contributed by atoms with E-state index in [0.717, 1.165) is 13.1 Å². The van der Waals surface area contributed by atoms with E-state index in [4.69, 9.17) is 5.73 Å². The Labute approximate surface area is 41.9 Å². The first kappa shape index (κ1) is 4.59. The Morgan fingerprint density at radius 2 is 2.29 bits per heavy atom. The SMILES string of the molecule is NC(=O)C1CNC1. The maximum atomic E-state index is 10.2. The topological polar surface area (TPSA) is 55.1 Å². The summed E-state index contributed by atoms with van der Waals surface area (Å²) in [4.78, 5) is 10.2. The van der Waals surface area contributed by atoms with Gasteiger partial charge in [-0.25, -0.2) is 0 Å². The Hall–Kier alpha value is -0.570. The number of nitrogens with two attached hydrogens (primary N) is 1. The molecule has 0 spiro atoms. The quantitative estimate of drug-likeness (QED) is 0.430. The van der Waals surface area contributed by atoms with Crippen molar-refractivity contribution in [1.29, 1.82) is 0 Å². The van der Waals surface area contributed by atoms with Crippen molar-refractivity contribution in [2.75, 3.05) is 13.1 Å². The highest BCUT2D eigenvalue weighted by Gasteiger charge is 2.21. The molecule has 0 aromatic heterocycles. The van der Waals surface area contributed by atoms with E-state index in [-0.39, 0.29) is 11.8 Å². The molecule has 0 atom stereocenters. The highest BCUT2D eigenvalue weighted by molar-refractivity contribution is 5.77. The van der Waals surface area contributed by atoms with E-state index in [9.17, 15) is 4.79 Å². The summed E-state index contributed by atoms with van der Waals surface area (Å²) in [6.45, 7) is 1.55. The minimum atomic E-state index is -0.182. The Bertz CT molecular complexity index is 87.7. The van der Waals surface area contributed by atoms with Crippen LogP contribution >= 0.6 is 0 Å². The van der Waals surface area contributed by atoms with Gasteiger partial charge in [0, 0.05) is 13.1 Å². The number of amides is 1. The summed E-state index contributed by atoms with van der Waals surface area (Å²) in [7, 11) is 0. The van der Waals surface area contributed by atoms with Crippen LogP contribution in [0.4, 0.5) is 0 Å². The van der Waals surface area contributed by atoms with Gasteiger partial charge in [-0.15, -0.1) is 0 Å². The second-order valence-corrected chi connectivity index (χ2v) is 1.76. The minimum Gasteiger partial charge on any atom is -0.369 e. The maximum absolute atomic E-state index is 10.2. The number of hydrogen-bond donors (Lipinski definition) is 2. The van der Waals surface area contributed by atoms with Crippen molar-refractivity contribution in [2.24, 2.45) is 11.7 Å². The molecular weight excluding hydrogens is 92.1 g/mol. The van der Waals surface area contributed by atoms with Gasteiger partial charge in [-0.05, 0) is 0 Å². The number of carbonyl (C=O) groups is 1. The maximum Gasteiger partial charge on any atom is 0.223 e. The van der Waals surface area contributed by atoms with Crippen LogP contribution in [0.3, 0.4) is 0 Å². The van der Waals surface area contributed by atoms with Crippen molar-refractivity contribution >= 4 is 5.91 Å². The summed E-state index contributed by atoms with van der Waals surface area (Å²) in [5.41, 5.74) is 4.92. The van der Waals surface area contributed by atoms with Crippen LogP contribution in [0.5, 0.6) is 0 Å². The van der Waals surface area contributed by atoms with Crippen molar-refractivity contribution in [3.8, 4) is 0 Å². The Morgan fingerprint density at radius 3 is 2.29 bits per heavy atom. The highest BCUT2D eigenvalue weighted by Crippen LogP contribution is 1.98. The molecule has 3 nitrogen and oxygen atoms in total. The first-order valence-corrected chi connectivity index (χ1v) is 2.31. The van der Waals surface area contributed by atoms with Crippen LogP contribution in [0.25, 0.3) is 0 Å². The van der Waals surface area contributed by atoms with Crippen molar-refractivity contribution in [1.82, 2.24) is 5.32 Å². The predicted octanol–water partition coefficient (Wildman–Crippen LogP) is -1.31. The molecule has 0 bridgehead atoms. The summed E-state index contributed by atoms with van der Waals surface area (Å²) < 4.78 is 0. The fourth-order valence-electron chi connectivity index (χ4n) is 0.490. The summed E-state index contributed by atoms with van der Waals surface area (Å²) in [5, 5.41) is 2.94. The summed E-state index contributed by atoms with van der Waals surface area (Å²) in [5.74, 6) is -0.0706. The summed E-state index contributed by atoms with van der Waals surface area (Å²) in [6, 6.07) is 0. The fourth-order valence-corrected chi connectivity index (χ4v) is 0.490. The second-order valence-electron chi connectivity index (χ2n) is 1.76. The lowest BCUT2D eigenvalue weighted by atomic mass is 10.0. The van der Waals surface area contributed by atoms with Crippen molar-refractivity contribution in [3.05, 3.63) is 0 Å². The average molecular weight is 100 g/mol. The van der Waals surface area contributed by atoms with E-state index in [1.165, 1.54) is 0 Å². The molecule has 3 heteroatoms. The number of carbonyl (C=O) groups excluding carboxylic acids is 1. The first-order chi connectivity index (χ1) is 3.30. The van der Waals surface area contributed by atoms with Crippen LogP contribution in [0.1, 0.15) is 0 Å². The van der Waals surface area contributed by atoms with Crippen LogP contribution in [0, 0.1) is 5.92 Å². The molecule has 3 N–H and O–H groups in total. The van der Waals surface area contributed by atoms with Gasteiger partial charge in [0.15, 0.2) is 0 Å². The van der Waals surface area contributed by atoms with E-state index in [1.54, 1.807) is 0 Å². The van der Waals surface area contributed by atoms with Crippen LogP contribution in [-0.4, -0.2) is 19.0 Å². The van der Waals surface area contributed by atoms with Gasteiger partial charge in [-0.2, -0.15) is 0 Å². The molecule has 0 saturated carbocycles. The molecule has 7 heavy (non-hydrogen) atoms. The van der Waals surface area contributed by atoms with Crippen molar-refractivity contribution < 1.29 is 4.79 Å². The zero-order chi connectivity index (χ0) is 5.28. The zero-order valence-electron chi connectivity index (χ0n) is 3.98. The van der Waals surface area contributed by atoms with E-state index in [0.29, 0.717) is 0 Å². The van der Waals surface area contributed by atoms with Gasteiger partial charge in [0.1, 0.15) is 0 Å². The molecule has 1 amide bonds. The lowest BCUT2D eigenvalue weighted by Crippen LogP contribution is -2.49. The number of nitrogens with one attached hydrogen (secondary N) is 1. The molecule has 0 aromatic rings. The van der Waals surface area contributed by atoms with Gasteiger partial charge < -0.3 is 11.1 Å². The third-order valence-electron chi connectivity index (χ3n) is 1.18. The highest BCUT2D eigenvalue weighted by atomic mass is 16.1. The summed E-state index contributed by atoms with van der Waals surface area (Å²) in [6.07, 6.45) is 0. The van der Waals surface area contributed by atoms with Crippen LogP contribution in [-0.2, 0) is 4.79 Å². The molecule has 0 aliphatic carbocycles. The van der Waals surface area contributed by atoms with Crippen molar-refractivity contribution in [3.63, 3.8) is 0 Å². The third-order valence-corrected chi connectivity index (χ3v) is 1.18. The smallest absolute Gasteiger partial charge is 0.223 e. The fraction of sp³-hybridized carbons (Fsp3) is 0.750. The van der Waals surface area contributed by atoms with Gasteiger partial charge in [-0.1, -0.05) is 0 Å². The Kier molecular flexibility index (Phi) is 0.982. The van der Waals surface area contributed by atoms with E-state index >= 15 is 0 Å². The molecule has 1 rings (SSSR count). The van der Waals surface area contributed by atoms with Gasteiger partial charge in [0.25, 0.3) is 0 Å². The molecule has 1 saturated heterocycles. The Balaban J connectivity index is 2.27. The molecule has 1 aliphatic rings. The van der Waals surface area contributed by atoms with Gasteiger partial charge in [0.2, 0.25) is 5.91 Å². The molecule has 0 unspecified atom stereocenters. The predicted molar refractivity (Wildman–Crippen MR) is 25.6 cm³/mol. The van der Waals surface area contributed by atoms with Gasteiger partial charge in [-0.3, -0.25) is 4.79 Å². The lowest BCUT2D eigenvalue weighted by Gasteiger charge is -2.22. The van der Waals surface area contributed by atoms with Crippen LogP contribution in [0.15, 0.2) is 0 Å². The standard InChI is InChI=1S/C4H8N2O/c5-4(7)3-1-6-2-3/h3,6H,1-2H2,(H2,5,7). The van der Waals surface area contributed by atoms with Gasteiger partial charge in [0.05, 0.1) is 5.92 Å². The monoisotopic (exact) mass is 100 g/mol. The van der Waals surface area contributed by atoms with E-state index < -0.39 is 0 Å². The minimum absolute atomic E-state index is 0.111. The molecule has 40 valence electrons. The third kappa shape index (κ3) is 0.718. The van der Waals surface area contributed by atoms with E-state index in [1.807, 2.05) is 0 Å². The van der Waals surface area contributed by atoms with Crippen LogP contribution in [0.2, 0.25) is 0 Å². The number of primary amides is 1. The molecule has 0 radical (unpaired) electrons. The Morgan fingerprint density at radius 1 is 1.71 bits per heavy atom. The molecule has 1 fully saturated rings. The van der Waals surface area contributed by atoms with Crippen molar-refractivity contribution in [2.45, 2.75) is 0 Å². The average Bonchev–Trinajstić information content (AvgIpc) is 1.23. The molecule has 1 aliphatic heterocycles. The number of hydrogen-bond acceptors (Lipinski definition) is 2. The van der Waals surface area contributed by atoms with Gasteiger partial charge >= 0.3 is 0 Å². The largest absolute Gasteiger partial charge is 0.369 e. The zero-order valence-corrected chi connectivity index (χ0v) is 3.98. The molecule has 0 aromatic carbocycles. The number of rotatable bonds is 1. The molecule has 1 heterocycles. The first-order valence-electron chi connectivity index (χ1n) is 2.31. The van der Waals surface area contributed by atoms with Crippen LogP contribution < -0.4 is 11.1 Å². The van der Waals surface area contributed by atoms with E-state index in [2.05, 4.69) is 5.32 Å². The normalized spacial score (nSPS) is 21.1. The second kappa shape index (κ2) is 1.50. The lowest BCUT2D eigenvalue weighted by molar-refractivity contribution is -0.123. The molecular formula is C4H8N2O.